The van der Waals surface area contributed by atoms with Crippen molar-refractivity contribution in [3.63, 3.8) is 0 Å². The van der Waals surface area contributed by atoms with Crippen molar-refractivity contribution in [3.8, 4) is 11.8 Å². The average molecular weight is 429 g/mol. The third-order valence-corrected chi connectivity index (χ3v) is 4.21. The van der Waals surface area contributed by atoms with Gasteiger partial charge in [0.05, 0.1) is 17.9 Å². The third kappa shape index (κ3) is 6.99. The standard InChI is InChI=1S/C21H29FN8O/c1-21(2,3)28-18(31)13-27-20(25-4)26-11-5-6-17-16(12-23)19(24)30(29-17)15-9-7-14(22)8-10-15/h7-10H,5-6,11,13,24H2,1-4H3,(H,28,31)(H2,25,26,27). The highest BCUT2D eigenvalue weighted by Gasteiger charge is 2.17. The lowest BCUT2D eigenvalue weighted by atomic mass is 10.1. The summed E-state index contributed by atoms with van der Waals surface area (Å²) >= 11 is 0. The molecule has 1 aromatic carbocycles. The number of hydrogen-bond acceptors (Lipinski definition) is 5. The summed E-state index contributed by atoms with van der Waals surface area (Å²) in [5, 5.41) is 22.8. The smallest absolute Gasteiger partial charge is 0.239 e. The van der Waals surface area contributed by atoms with Crippen molar-refractivity contribution in [2.24, 2.45) is 4.99 Å². The number of guanidine groups is 1. The number of nitrogens with one attached hydrogen (secondary N) is 3. The van der Waals surface area contributed by atoms with Crippen LogP contribution in [0, 0.1) is 17.1 Å². The maximum atomic E-state index is 13.2. The normalized spacial score (nSPS) is 11.7. The van der Waals surface area contributed by atoms with E-state index in [1.165, 1.54) is 16.8 Å². The molecule has 10 heteroatoms. The molecule has 2 rings (SSSR count). The van der Waals surface area contributed by atoms with E-state index in [2.05, 4.69) is 32.1 Å². The summed E-state index contributed by atoms with van der Waals surface area (Å²) in [7, 11) is 1.62. The van der Waals surface area contributed by atoms with E-state index in [9.17, 15) is 14.4 Å². The van der Waals surface area contributed by atoms with Gasteiger partial charge in [-0.25, -0.2) is 9.07 Å². The minimum Gasteiger partial charge on any atom is -0.382 e. The molecule has 0 unspecified atom stereocenters. The first kappa shape index (κ1) is 23.7. The van der Waals surface area contributed by atoms with Gasteiger partial charge in [-0.15, -0.1) is 0 Å². The van der Waals surface area contributed by atoms with E-state index >= 15 is 0 Å². The summed E-state index contributed by atoms with van der Waals surface area (Å²) in [6, 6.07) is 7.82. The van der Waals surface area contributed by atoms with Gasteiger partial charge in [0, 0.05) is 19.1 Å². The molecule has 9 nitrogen and oxygen atoms in total. The van der Waals surface area contributed by atoms with E-state index < -0.39 is 0 Å². The molecule has 0 saturated heterocycles. The summed E-state index contributed by atoms with van der Waals surface area (Å²) in [6.07, 6.45) is 1.17. The Balaban J connectivity index is 1.90. The molecule has 166 valence electrons. The molecular formula is C21H29FN8O. The van der Waals surface area contributed by atoms with Crippen LogP contribution in [0.15, 0.2) is 29.3 Å². The predicted octanol–water partition coefficient (Wildman–Crippen LogP) is 1.48. The third-order valence-electron chi connectivity index (χ3n) is 4.21. The van der Waals surface area contributed by atoms with E-state index in [0.717, 1.165) is 0 Å². The number of nitrogens with zero attached hydrogens (tertiary/aromatic N) is 4. The van der Waals surface area contributed by atoms with Crippen LogP contribution < -0.4 is 21.7 Å². The fourth-order valence-electron chi connectivity index (χ4n) is 2.86. The van der Waals surface area contributed by atoms with Crippen LogP contribution in [-0.2, 0) is 11.2 Å². The van der Waals surface area contributed by atoms with Gasteiger partial charge in [-0.1, -0.05) is 0 Å². The largest absolute Gasteiger partial charge is 0.382 e. The van der Waals surface area contributed by atoms with Crippen molar-refractivity contribution in [1.29, 1.82) is 5.26 Å². The summed E-state index contributed by atoms with van der Waals surface area (Å²) in [4.78, 5) is 16.0. The van der Waals surface area contributed by atoms with Crippen molar-refractivity contribution < 1.29 is 9.18 Å². The van der Waals surface area contributed by atoms with Gasteiger partial charge in [-0.05, 0) is 57.9 Å². The number of rotatable bonds is 7. The number of nitrogen functional groups attached to an aromatic ring is 1. The Bertz CT molecular complexity index is 967. The molecule has 1 aromatic heterocycles. The van der Waals surface area contributed by atoms with E-state index in [1.54, 1.807) is 19.2 Å². The van der Waals surface area contributed by atoms with Gasteiger partial charge < -0.3 is 21.7 Å². The lowest BCUT2D eigenvalue weighted by molar-refractivity contribution is -0.121. The summed E-state index contributed by atoms with van der Waals surface area (Å²) < 4.78 is 14.6. The van der Waals surface area contributed by atoms with E-state index in [-0.39, 0.29) is 29.6 Å². The molecule has 0 radical (unpaired) electrons. The minimum atomic E-state index is -0.362. The highest BCUT2D eigenvalue weighted by Crippen LogP contribution is 2.21. The number of carbonyl (C=O) groups is 1. The SMILES string of the molecule is CN=C(NCCCc1nn(-c2ccc(F)cc2)c(N)c1C#N)NCC(=O)NC(C)(C)C. The molecule has 0 bridgehead atoms. The molecule has 0 spiro atoms. The molecular weight excluding hydrogens is 399 g/mol. The van der Waals surface area contributed by atoms with Gasteiger partial charge in [0.25, 0.3) is 0 Å². The first-order valence-corrected chi connectivity index (χ1v) is 9.93. The quantitative estimate of drug-likeness (QED) is 0.300. The average Bonchev–Trinajstić information content (AvgIpc) is 3.02. The zero-order valence-corrected chi connectivity index (χ0v) is 18.3. The summed E-state index contributed by atoms with van der Waals surface area (Å²) in [5.74, 6) is 0.232. The molecule has 0 atom stereocenters. The number of hydrogen-bond donors (Lipinski definition) is 4. The number of benzene rings is 1. The van der Waals surface area contributed by atoms with E-state index in [4.69, 9.17) is 5.73 Å². The van der Waals surface area contributed by atoms with Crippen LogP contribution in [0.5, 0.6) is 0 Å². The van der Waals surface area contributed by atoms with Crippen molar-refractivity contribution in [2.75, 3.05) is 25.9 Å². The van der Waals surface area contributed by atoms with Crippen LogP contribution >= 0.6 is 0 Å². The number of carbonyl (C=O) groups excluding carboxylic acids is 1. The van der Waals surface area contributed by atoms with Crippen LogP contribution in [0.3, 0.4) is 0 Å². The number of anilines is 1. The second-order valence-corrected chi connectivity index (χ2v) is 7.96. The molecule has 2 aromatic rings. The van der Waals surface area contributed by atoms with Gasteiger partial charge in [0.2, 0.25) is 5.91 Å². The molecule has 5 N–H and O–H groups in total. The van der Waals surface area contributed by atoms with E-state index in [0.29, 0.717) is 42.3 Å². The first-order valence-electron chi connectivity index (χ1n) is 9.93. The van der Waals surface area contributed by atoms with Crippen LogP contribution in [0.2, 0.25) is 0 Å². The van der Waals surface area contributed by atoms with Gasteiger partial charge in [-0.3, -0.25) is 9.79 Å². The molecule has 0 saturated carbocycles. The second kappa shape index (κ2) is 10.4. The lowest BCUT2D eigenvalue weighted by Crippen LogP contribution is -2.48. The number of nitrogens with two attached hydrogens (primary N) is 1. The summed E-state index contributed by atoms with van der Waals surface area (Å²) in [6.45, 7) is 6.40. The number of amides is 1. The molecule has 31 heavy (non-hydrogen) atoms. The van der Waals surface area contributed by atoms with Crippen LogP contribution in [0.4, 0.5) is 10.2 Å². The monoisotopic (exact) mass is 428 g/mol. The Morgan fingerprint density at radius 3 is 2.55 bits per heavy atom. The Hall–Kier alpha value is -3.61. The highest BCUT2D eigenvalue weighted by atomic mass is 19.1. The summed E-state index contributed by atoms with van der Waals surface area (Å²) in [5.41, 5.74) is 7.23. The number of aliphatic imine (C=N–C) groups is 1. The predicted molar refractivity (Wildman–Crippen MR) is 118 cm³/mol. The molecule has 1 heterocycles. The maximum Gasteiger partial charge on any atom is 0.239 e. The molecule has 1 amide bonds. The van der Waals surface area contributed by atoms with Crippen molar-refractivity contribution >= 4 is 17.7 Å². The van der Waals surface area contributed by atoms with Crippen molar-refractivity contribution in [2.45, 2.75) is 39.2 Å². The Labute approximate surface area is 181 Å². The zero-order valence-electron chi connectivity index (χ0n) is 18.3. The van der Waals surface area contributed by atoms with Crippen LogP contribution in [-0.4, -0.2) is 47.3 Å². The Morgan fingerprint density at radius 2 is 1.97 bits per heavy atom. The Kier molecular flexibility index (Phi) is 7.96. The van der Waals surface area contributed by atoms with Crippen molar-refractivity contribution in [1.82, 2.24) is 25.7 Å². The fraction of sp³-hybridized carbons (Fsp3) is 0.429. The Morgan fingerprint density at radius 1 is 1.29 bits per heavy atom. The molecule has 0 aliphatic heterocycles. The zero-order chi connectivity index (χ0) is 23.0. The second-order valence-electron chi connectivity index (χ2n) is 7.96. The van der Waals surface area contributed by atoms with Gasteiger partial charge in [-0.2, -0.15) is 10.4 Å². The fourth-order valence-corrected chi connectivity index (χ4v) is 2.86. The number of aryl methyl sites for hydroxylation is 1. The molecule has 0 fully saturated rings. The minimum absolute atomic E-state index is 0.105. The molecule has 0 aliphatic rings. The van der Waals surface area contributed by atoms with Crippen LogP contribution in [0.25, 0.3) is 5.69 Å². The van der Waals surface area contributed by atoms with Gasteiger partial charge in [0.1, 0.15) is 23.3 Å². The first-order chi connectivity index (χ1) is 14.6. The topological polar surface area (TPSA) is 133 Å². The van der Waals surface area contributed by atoms with Gasteiger partial charge >= 0.3 is 0 Å². The van der Waals surface area contributed by atoms with Crippen molar-refractivity contribution in [3.05, 3.63) is 41.3 Å². The highest BCUT2D eigenvalue weighted by molar-refractivity contribution is 5.86. The van der Waals surface area contributed by atoms with E-state index in [1.807, 2.05) is 20.8 Å². The number of aromatic nitrogens is 2. The molecule has 0 aliphatic carbocycles. The van der Waals surface area contributed by atoms with Crippen LogP contribution in [0.1, 0.15) is 38.4 Å². The van der Waals surface area contributed by atoms with Gasteiger partial charge in [0.15, 0.2) is 5.96 Å². The number of halogens is 1. The maximum absolute atomic E-state index is 13.2. The number of nitriles is 1. The lowest BCUT2D eigenvalue weighted by Gasteiger charge is -2.21.